The molecule has 13 heavy (non-hydrogen) atoms. The molecule has 1 aliphatic heterocycles. The summed E-state index contributed by atoms with van der Waals surface area (Å²) in [7, 11) is 0. The second-order valence-electron chi connectivity index (χ2n) is 3.13. The van der Waals surface area contributed by atoms with Crippen LogP contribution in [-0.2, 0) is 0 Å². The van der Waals surface area contributed by atoms with Crippen molar-refractivity contribution in [2.75, 3.05) is 31.1 Å². The summed E-state index contributed by atoms with van der Waals surface area (Å²) in [5.74, 6) is 0. The molecule has 0 aromatic heterocycles. The Balaban J connectivity index is 2.10. The van der Waals surface area contributed by atoms with Gasteiger partial charge < -0.3 is 4.90 Å². The van der Waals surface area contributed by atoms with Crippen LogP contribution in [0, 0.1) is 3.57 Å². The van der Waals surface area contributed by atoms with Crippen LogP contribution in [0.1, 0.15) is 0 Å². The van der Waals surface area contributed by atoms with E-state index < -0.39 is 0 Å². The van der Waals surface area contributed by atoms with Crippen molar-refractivity contribution >= 4 is 28.3 Å². The molecular weight excluding hydrogens is 275 g/mol. The average Bonchev–Trinajstić information content (AvgIpc) is 2.20. The molecule has 2 nitrogen and oxygen atoms in total. The van der Waals surface area contributed by atoms with Gasteiger partial charge in [0.2, 0.25) is 0 Å². The summed E-state index contributed by atoms with van der Waals surface area (Å²) in [5, 5.41) is 4.33. The molecule has 0 unspecified atom stereocenters. The number of hydrogen-bond donors (Lipinski definition) is 0. The highest BCUT2D eigenvalue weighted by Crippen LogP contribution is 2.16. The fourth-order valence-electron chi connectivity index (χ4n) is 1.52. The number of nitrogens with zero attached hydrogens (tertiary/aromatic N) is 2. The lowest BCUT2D eigenvalue weighted by Crippen LogP contribution is -2.40. The maximum atomic E-state index is 4.33. The highest BCUT2D eigenvalue weighted by atomic mass is 127. The van der Waals surface area contributed by atoms with Crippen molar-refractivity contribution in [1.82, 2.24) is 5.32 Å². The Morgan fingerprint density at radius 2 is 1.69 bits per heavy atom. The van der Waals surface area contributed by atoms with Gasteiger partial charge >= 0.3 is 0 Å². The first-order valence-electron chi connectivity index (χ1n) is 4.50. The van der Waals surface area contributed by atoms with Crippen molar-refractivity contribution in [3.05, 3.63) is 27.8 Å². The summed E-state index contributed by atoms with van der Waals surface area (Å²) in [6, 6.07) is 8.68. The standard InChI is InChI=1S/C10H12IN2/c11-9-1-3-10(4-2-9)13-7-5-12-6-8-13/h1-4H,5-8H2. The van der Waals surface area contributed by atoms with Gasteiger partial charge in [0.1, 0.15) is 0 Å². The molecule has 0 amide bonds. The summed E-state index contributed by atoms with van der Waals surface area (Å²) < 4.78 is 1.29. The summed E-state index contributed by atoms with van der Waals surface area (Å²) >= 11 is 2.33. The van der Waals surface area contributed by atoms with E-state index in [0.717, 1.165) is 26.2 Å². The zero-order chi connectivity index (χ0) is 9.10. The molecule has 1 radical (unpaired) electrons. The second kappa shape index (κ2) is 4.28. The fraction of sp³-hybridized carbons (Fsp3) is 0.400. The molecule has 1 saturated heterocycles. The van der Waals surface area contributed by atoms with E-state index >= 15 is 0 Å². The highest BCUT2D eigenvalue weighted by molar-refractivity contribution is 14.1. The molecule has 0 N–H and O–H groups in total. The van der Waals surface area contributed by atoms with Crippen LogP contribution in [0.4, 0.5) is 5.69 Å². The van der Waals surface area contributed by atoms with Gasteiger partial charge in [-0.3, -0.25) is 0 Å². The second-order valence-corrected chi connectivity index (χ2v) is 4.38. The van der Waals surface area contributed by atoms with E-state index in [0.29, 0.717) is 0 Å². The van der Waals surface area contributed by atoms with E-state index in [2.05, 4.69) is 57.1 Å². The van der Waals surface area contributed by atoms with Crippen molar-refractivity contribution in [3.63, 3.8) is 0 Å². The Labute approximate surface area is 92.5 Å². The SMILES string of the molecule is Ic1ccc(N2CC[N]CC2)cc1. The first-order valence-corrected chi connectivity index (χ1v) is 5.58. The van der Waals surface area contributed by atoms with Crippen LogP contribution in [-0.4, -0.2) is 26.2 Å². The van der Waals surface area contributed by atoms with Crippen molar-refractivity contribution in [2.45, 2.75) is 0 Å². The number of halogens is 1. The smallest absolute Gasteiger partial charge is 0.0367 e. The molecule has 1 aromatic rings. The minimum Gasteiger partial charge on any atom is -0.369 e. The normalized spacial score (nSPS) is 17.5. The monoisotopic (exact) mass is 287 g/mol. The lowest BCUT2D eigenvalue weighted by atomic mass is 10.2. The van der Waals surface area contributed by atoms with Crippen LogP contribution < -0.4 is 10.2 Å². The van der Waals surface area contributed by atoms with E-state index in [9.17, 15) is 0 Å². The third-order valence-electron chi connectivity index (χ3n) is 2.25. The third kappa shape index (κ3) is 2.34. The fourth-order valence-corrected chi connectivity index (χ4v) is 1.88. The van der Waals surface area contributed by atoms with Gasteiger partial charge in [-0.25, -0.2) is 5.32 Å². The van der Waals surface area contributed by atoms with E-state index in [-0.39, 0.29) is 0 Å². The van der Waals surface area contributed by atoms with E-state index in [1.54, 1.807) is 0 Å². The number of anilines is 1. The summed E-state index contributed by atoms with van der Waals surface area (Å²) in [5.41, 5.74) is 1.33. The third-order valence-corrected chi connectivity index (χ3v) is 2.97. The summed E-state index contributed by atoms with van der Waals surface area (Å²) in [4.78, 5) is 2.39. The minimum absolute atomic E-state index is 0.978. The molecular formula is C10H12IN2. The van der Waals surface area contributed by atoms with Crippen LogP contribution in [0.25, 0.3) is 0 Å². The van der Waals surface area contributed by atoms with Crippen molar-refractivity contribution in [3.8, 4) is 0 Å². The van der Waals surface area contributed by atoms with Crippen molar-refractivity contribution < 1.29 is 0 Å². The van der Waals surface area contributed by atoms with Crippen LogP contribution in [0.15, 0.2) is 24.3 Å². The van der Waals surface area contributed by atoms with Crippen molar-refractivity contribution in [1.29, 1.82) is 0 Å². The number of hydrogen-bond acceptors (Lipinski definition) is 1. The molecule has 0 spiro atoms. The molecule has 0 saturated carbocycles. The van der Waals surface area contributed by atoms with E-state index in [1.807, 2.05) is 0 Å². The van der Waals surface area contributed by atoms with E-state index in [1.165, 1.54) is 9.26 Å². The number of piperazine rings is 1. The molecule has 0 bridgehead atoms. The molecule has 3 heteroatoms. The zero-order valence-corrected chi connectivity index (χ0v) is 9.57. The first kappa shape index (κ1) is 9.27. The molecule has 0 aliphatic carbocycles. The largest absolute Gasteiger partial charge is 0.369 e. The van der Waals surface area contributed by atoms with Gasteiger partial charge in [0.25, 0.3) is 0 Å². The molecule has 1 fully saturated rings. The Kier molecular flexibility index (Phi) is 3.05. The van der Waals surface area contributed by atoms with Gasteiger partial charge in [-0.15, -0.1) is 0 Å². The highest BCUT2D eigenvalue weighted by Gasteiger charge is 2.09. The van der Waals surface area contributed by atoms with Gasteiger partial charge in [-0.2, -0.15) is 0 Å². The maximum absolute atomic E-state index is 4.33. The Morgan fingerprint density at radius 3 is 2.31 bits per heavy atom. The maximum Gasteiger partial charge on any atom is 0.0367 e. The molecule has 0 atom stereocenters. The van der Waals surface area contributed by atoms with Gasteiger partial charge in [0.15, 0.2) is 0 Å². The summed E-state index contributed by atoms with van der Waals surface area (Å²) in [6.07, 6.45) is 0. The van der Waals surface area contributed by atoms with Crippen molar-refractivity contribution in [2.24, 2.45) is 0 Å². The lowest BCUT2D eigenvalue weighted by Gasteiger charge is -2.28. The Morgan fingerprint density at radius 1 is 1.08 bits per heavy atom. The number of benzene rings is 1. The van der Waals surface area contributed by atoms with E-state index in [4.69, 9.17) is 0 Å². The quantitative estimate of drug-likeness (QED) is 0.719. The predicted molar refractivity (Wildman–Crippen MR) is 63.2 cm³/mol. The number of rotatable bonds is 1. The molecule has 2 rings (SSSR count). The minimum atomic E-state index is 0.978. The Bertz CT molecular complexity index is 265. The van der Waals surface area contributed by atoms with Crippen LogP contribution in [0.2, 0.25) is 0 Å². The molecule has 1 aliphatic rings. The summed E-state index contributed by atoms with van der Waals surface area (Å²) in [6.45, 7) is 4.10. The Hall–Kier alpha value is -0.290. The lowest BCUT2D eigenvalue weighted by molar-refractivity contribution is 0.579. The van der Waals surface area contributed by atoms with Gasteiger partial charge in [0, 0.05) is 35.4 Å². The van der Waals surface area contributed by atoms with Crippen LogP contribution in [0.3, 0.4) is 0 Å². The molecule has 1 aromatic carbocycles. The molecule has 1 heterocycles. The predicted octanol–water partition coefficient (Wildman–Crippen LogP) is 1.72. The first-order chi connectivity index (χ1) is 6.36. The molecule has 69 valence electrons. The van der Waals surface area contributed by atoms with Gasteiger partial charge in [-0.05, 0) is 46.9 Å². The zero-order valence-electron chi connectivity index (χ0n) is 7.41. The average molecular weight is 287 g/mol. The topological polar surface area (TPSA) is 17.3 Å². The van der Waals surface area contributed by atoms with Gasteiger partial charge in [0.05, 0.1) is 0 Å². The van der Waals surface area contributed by atoms with Crippen LogP contribution >= 0.6 is 22.6 Å². The van der Waals surface area contributed by atoms with Gasteiger partial charge in [-0.1, -0.05) is 0 Å². The van der Waals surface area contributed by atoms with Crippen LogP contribution in [0.5, 0.6) is 0 Å².